The second-order valence-corrected chi connectivity index (χ2v) is 8.12. The number of nitrogens with zero attached hydrogens (tertiary/aromatic N) is 2. The predicted octanol–water partition coefficient (Wildman–Crippen LogP) is 1.87. The van der Waals surface area contributed by atoms with Gasteiger partial charge in [0.15, 0.2) is 0 Å². The molecule has 3 fully saturated rings. The third kappa shape index (κ3) is 4.22. The van der Waals surface area contributed by atoms with Crippen molar-refractivity contribution in [3.8, 4) is 0 Å². The summed E-state index contributed by atoms with van der Waals surface area (Å²) in [7, 11) is 2.35. The number of carbonyl (C=O) groups is 3. The third-order valence-electron chi connectivity index (χ3n) is 6.39. The number of esters is 1. The third-order valence-corrected chi connectivity index (χ3v) is 6.39. The van der Waals surface area contributed by atoms with Crippen LogP contribution in [0.1, 0.15) is 57.8 Å². The quantitative estimate of drug-likeness (QED) is 0.431. The molecule has 140 valence electrons. The van der Waals surface area contributed by atoms with Crippen LogP contribution >= 0.6 is 0 Å². The van der Waals surface area contributed by atoms with E-state index < -0.39 is 0 Å². The minimum absolute atomic E-state index is 0.112. The number of hydrogen-bond donors (Lipinski definition) is 0. The monoisotopic (exact) mass is 351 g/mol. The van der Waals surface area contributed by atoms with Gasteiger partial charge < -0.3 is 9.22 Å². The Bertz CT molecular complexity index is 516. The highest BCUT2D eigenvalue weighted by Crippen LogP contribution is 2.36. The second-order valence-electron chi connectivity index (χ2n) is 8.12. The van der Waals surface area contributed by atoms with E-state index in [1.807, 2.05) is 0 Å². The molecule has 0 aliphatic carbocycles. The van der Waals surface area contributed by atoms with Crippen LogP contribution in [0.5, 0.6) is 0 Å². The van der Waals surface area contributed by atoms with Gasteiger partial charge in [-0.1, -0.05) is 0 Å². The number of likely N-dealkylation sites (tertiary alicyclic amines) is 1. The van der Waals surface area contributed by atoms with Crippen LogP contribution in [0.25, 0.3) is 0 Å². The molecule has 6 heteroatoms. The molecule has 6 nitrogen and oxygen atoms in total. The smallest absolute Gasteiger partial charge is 0.307 e. The van der Waals surface area contributed by atoms with Crippen molar-refractivity contribution in [3.05, 3.63) is 0 Å². The van der Waals surface area contributed by atoms with Crippen LogP contribution in [-0.2, 0) is 19.1 Å². The Kier molecular flexibility index (Phi) is 5.77. The molecule has 0 unspecified atom stereocenters. The summed E-state index contributed by atoms with van der Waals surface area (Å²) in [5.74, 6) is -0.166. The SMILES string of the molecule is C[N@+]12CCCC[C@@H]1[C@H](COC(=O)CCN1C(=O)CCCC1=O)CCC2. The van der Waals surface area contributed by atoms with E-state index in [9.17, 15) is 14.4 Å². The average molecular weight is 351 g/mol. The Morgan fingerprint density at radius 3 is 2.56 bits per heavy atom. The minimum Gasteiger partial charge on any atom is -0.465 e. The molecule has 3 atom stereocenters. The fraction of sp³-hybridized carbons (Fsp3) is 0.842. The van der Waals surface area contributed by atoms with Gasteiger partial charge in [0.2, 0.25) is 11.8 Å². The van der Waals surface area contributed by atoms with E-state index in [2.05, 4.69) is 7.05 Å². The highest BCUT2D eigenvalue weighted by molar-refractivity contribution is 5.97. The van der Waals surface area contributed by atoms with Gasteiger partial charge in [0.25, 0.3) is 0 Å². The van der Waals surface area contributed by atoms with Gasteiger partial charge in [-0.2, -0.15) is 0 Å². The van der Waals surface area contributed by atoms with Crippen LogP contribution < -0.4 is 0 Å². The summed E-state index contributed by atoms with van der Waals surface area (Å²) >= 11 is 0. The summed E-state index contributed by atoms with van der Waals surface area (Å²) in [5.41, 5.74) is 0. The van der Waals surface area contributed by atoms with E-state index in [4.69, 9.17) is 4.74 Å². The van der Waals surface area contributed by atoms with Gasteiger partial charge in [-0.15, -0.1) is 0 Å². The molecule has 0 N–H and O–H groups in total. The average Bonchev–Trinajstić information content (AvgIpc) is 2.58. The van der Waals surface area contributed by atoms with Gasteiger partial charge >= 0.3 is 5.97 Å². The number of imide groups is 1. The normalized spacial score (nSPS) is 33.1. The molecule has 0 aromatic heterocycles. The van der Waals surface area contributed by atoms with Crippen LogP contribution in [0.2, 0.25) is 0 Å². The van der Waals surface area contributed by atoms with Gasteiger partial charge in [0.1, 0.15) is 0 Å². The van der Waals surface area contributed by atoms with Crippen molar-refractivity contribution in [3.63, 3.8) is 0 Å². The summed E-state index contributed by atoms with van der Waals surface area (Å²) in [4.78, 5) is 36.9. The molecular weight excluding hydrogens is 320 g/mol. The van der Waals surface area contributed by atoms with Crippen LogP contribution in [0.15, 0.2) is 0 Å². The molecule has 0 aromatic rings. The van der Waals surface area contributed by atoms with Crippen molar-refractivity contribution < 1.29 is 23.6 Å². The highest BCUT2D eigenvalue weighted by Gasteiger charge is 2.43. The standard InChI is InChI=1S/C19H31N2O4/c1-21-12-3-2-7-16(21)15(6-5-13-21)14-25-19(24)10-11-20-17(22)8-4-9-18(20)23/h15-16H,2-14H2,1H3/q+1/t15-,16+,21+/m0/s1. The molecule has 0 saturated carbocycles. The number of piperidine rings is 3. The summed E-state index contributed by atoms with van der Waals surface area (Å²) < 4.78 is 6.68. The second kappa shape index (κ2) is 7.85. The van der Waals surface area contributed by atoms with E-state index in [-0.39, 0.29) is 30.7 Å². The lowest BCUT2D eigenvalue weighted by molar-refractivity contribution is -0.947. The lowest BCUT2D eigenvalue weighted by Gasteiger charge is -2.51. The highest BCUT2D eigenvalue weighted by atomic mass is 16.5. The maximum atomic E-state index is 12.1. The zero-order chi connectivity index (χ0) is 17.9. The van der Waals surface area contributed by atoms with Gasteiger partial charge in [0.05, 0.1) is 39.2 Å². The molecule has 0 aromatic carbocycles. The van der Waals surface area contributed by atoms with Crippen molar-refractivity contribution in [2.45, 2.75) is 63.8 Å². The number of hydrogen-bond acceptors (Lipinski definition) is 4. The van der Waals surface area contributed by atoms with Gasteiger partial charge in [0, 0.05) is 31.7 Å². The first-order chi connectivity index (χ1) is 12.0. The summed E-state index contributed by atoms with van der Waals surface area (Å²) in [6.45, 7) is 3.14. The van der Waals surface area contributed by atoms with E-state index in [0.717, 1.165) is 10.9 Å². The lowest BCUT2D eigenvalue weighted by Crippen LogP contribution is -2.61. The summed E-state index contributed by atoms with van der Waals surface area (Å²) in [6, 6.07) is 0.612. The first-order valence-corrected chi connectivity index (χ1v) is 9.83. The maximum absolute atomic E-state index is 12.1. The summed E-state index contributed by atoms with van der Waals surface area (Å²) in [6.07, 6.45) is 7.69. The fourth-order valence-corrected chi connectivity index (χ4v) is 4.95. The Balaban J connectivity index is 1.45. The largest absolute Gasteiger partial charge is 0.465 e. The van der Waals surface area contributed by atoms with E-state index in [0.29, 0.717) is 37.8 Å². The van der Waals surface area contributed by atoms with Gasteiger partial charge in [-0.3, -0.25) is 19.3 Å². The zero-order valence-corrected chi connectivity index (χ0v) is 15.4. The van der Waals surface area contributed by atoms with Crippen molar-refractivity contribution in [2.75, 3.05) is 33.3 Å². The number of quaternary nitrogens is 1. The van der Waals surface area contributed by atoms with Crippen LogP contribution in [0.3, 0.4) is 0 Å². The molecule has 3 aliphatic rings. The minimum atomic E-state index is -0.290. The molecule has 0 radical (unpaired) electrons. The lowest BCUT2D eigenvalue weighted by atomic mass is 9.82. The van der Waals surface area contributed by atoms with Crippen molar-refractivity contribution in [2.24, 2.45) is 5.92 Å². The van der Waals surface area contributed by atoms with E-state index in [1.54, 1.807) is 0 Å². The topological polar surface area (TPSA) is 63.7 Å². The molecule has 3 aliphatic heterocycles. The number of amides is 2. The molecule has 3 saturated heterocycles. The van der Waals surface area contributed by atoms with Crippen molar-refractivity contribution >= 4 is 17.8 Å². The van der Waals surface area contributed by atoms with Gasteiger partial charge in [-0.05, 0) is 32.1 Å². The fourth-order valence-electron chi connectivity index (χ4n) is 4.95. The summed E-state index contributed by atoms with van der Waals surface area (Å²) in [5, 5.41) is 0. The number of rotatable bonds is 5. The van der Waals surface area contributed by atoms with E-state index in [1.165, 1.54) is 43.7 Å². The first kappa shape index (κ1) is 18.4. The van der Waals surface area contributed by atoms with E-state index >= 15 is 0 Å². The molecule has 25 heavy (non-hydrogen) atoms. The maximum Gasteiger partial charge on any atom is 0.307 e. The van der Waals surface area contributed by atoms with Gasteiger partial charge in [-0.25, -0.2) is 0 Å². The van der Waals surface area contributed by atoms with Crippen LogP contribution in [0, 0.1) is 5.92 Å². The molecular formula is C19H31N2O4+. The van der Waals surface area contributed by atoms with Crippen molar-refractivity contribution in [1.29, 1.82) is 0 Å². The number of fused-ring (bicyclic) bond motifs is 1. The number of carbonyl (C=O) groups excluding carboxylic acids is 3. The van der Waals surface area contributed by atoms with Crippen molar-refractivity contribution in [1.82, 2.24) is 4.90 Å². The molecule has 3 heterocycles. The molecule has 3 rings (SSSR count). The molecule has 0 bridgehead atoms. The Hall–Kier alpha value is -1.43. The van der Waals surface area contributed by atoms with Crippen LogP contribution in [0.4, 0.5) is 0 Å². The first-order valence-electron chi connectivity index (χ1n) is 9.83. The Morgan fingerprint density at radius 1 is 1.08 bits per heavy atom. The predicted molar refractivity (Wildman–Crippen MR) is 92.4 cm³/mol. The van der Waals surface area contributed by atoms with Crippen LogP contribution in [-0.4, -0.2) is 66.5 Å². The number of ether oxygens (including phenoxy) is 1. The zero-order valence-electron chi connectivity index (χ0n) is 15.4. The Morgan fingerprint density at radius 2 is 1.80 bits per heavy atom. The molecule has 0 spiro atoms. The molecule has 2 amide bonds. The Labute approximate surface area is 150 Å².